The van der Waals surface area contributed by atoms with Gasteiger partial charge < -0.3 is 20.3 Å². The van der Waals surface area contributed by atoms with E-state index in [2.05, 4.69) is 4.98 Å². The van der Waals surface area contributed by atoms with Crippen LogP contribution in [-0.4, -0.2) is 48.8 Å². The van der Waals surface area contributed by atoms with Crippen molar-refractivity contribution in [2.45, 2.75) is 42.4 Å². The van der Waals surface area contributed by atoms with Crippen molar-refractivity contribution >= 4 is 15.7 Å². The van der Waals surface area contributed by atoms with Gasteiger partial charge in [0.15, 0.2) is 4.90 Å². The smallest absolute Gasteiger partial charge is 0.296 e. The molecule has 1 aromatic heterocycles. The Kier molecular flexibility index (Phi) is 9.20. The SMILES string of the molecule is COC[C@@H](c1ccccc1)n1c(COC(C)C)nc(=O)c(S(=O)(=O)c2ccc(-c3ccccc3C(N)=O)c(F)c2)c1O. The summed E-state index contributed by atoms with van der Waals surface area (Å²) in [5.74, 6) is -2.70. The molecule has 1 heterocycles. The summed E-state index contributed by atoms with van der Waals surface area (Å²) in [5.41, 5.74) is 4.95. The van der Waals surface area contributed by atoms with Crippen molar-refractivity contribution < 1.29 is 32.2 Å². The fourth-order valence-electron chi connectivity index (χ4n) is 4.54. The van der Waals surface area contributed by atoms with Gasteiger partial charge >= 0.3 is 0 Å². The number of carbonyl (C=O) groups is 1. The quantitative estimate of drug-likeness (QED) is 0.265. The van der Waals surface area contributed by atoms with E-state index in [-0.39, 0.29) is 41.8 Å². The molecular formula is C30H30FN3O7S. The highest BCUT2D eigenvalue weighted by atomic mass is 32.2. The summed E-state index contributed by atoms with van der Waals surface area (Å²) in [4.78, 5) is 27.4. The number of nitrogens with zero attached hydrogens (tertiary/aromatic N) is 2. The Morgan fingerprint density at radius 2 is 1.71 bits per heavy atom. The predicted molar refractivity (Wildman–Crippen MR) is 152 cm³/mol. The molecule has 0 aliphatic heterocycles. The van der Waals surface area contributed by atoms with Gasteiger partial charge in [0, 0.05) is 18.2 Å². The van der Waals surface area contributed by atoms with Crippen LogP contribution >= 0.6 is 0 Å². The Labute approximate surface area is 242 Å². The van der Waals surface area contributed by atoms with Gasteiger partial charge in [-0.3, -0.25) is 14.2 Å². The van der Waals surface area contributed by atoms with Crippen molar-refractivity contribution in [3.63, 3.8) is 0 Å². The molecule has 0 radical (unpaired) electrons. The monoisotopic (exact) mass is 595 g/mol. The number of rotatable bonds is 11. The zero-order valence-electron chi connectivity index (χ0n) is 23.2. The Bertz CT molecular complexity index is 1770. The molecule has 0 bridgehead atoms. The van der Waals surface area contributed by atoms with Crippen LogP contribution in [0.3, 0.4) is 0 Å². The van der Waals surface area contributed by atoms with Crippen molar-refractivity contribution in [3.05, 3.63) is 106 Å². The molecular weight excluding hydrogens is 565 g/mol. The second kappa shape index (κ2) is 12.6. The standard InChI is InChI=1S/C30H30FN3O7S/c1-18(2)41-17-26-33-29(36)27(30(37)34(26)25(16-40-3)19-9-5-4-6-10-19)42(38,39)20-13-14-22(24(31)15-20)21-11-7-8-12-23(21)28(32)35/h4-15,18,25,37H,16-17H2,1-3H3,(H2,32,35)/t25-/m0/s1. The number of aromatic hydroxyl groups is 1. The average molecular weight is 596 g/mol. The third-order valence-electron chi connectivity index (χ3n) is 6.50. The van der Waals surface area contributed by atoms with Crippen LogP contribution in [0.1, 0.15) is 41.6 Å². The molecule has 3 N–H and O–H groups in total. The number of sulfone groups is 1. The maximum Gasteiger partial charge on any atom is 0.296 e. The number of primary amides is 1. The lowest BCUT2D eigenvalue weighted by Gasteiger charge is -2.26. The molecule has 0 saturated carbocycles. The van der Waals surface area contributed by atoms with E-state index in [4.69, 9.17) is 15.2 Å². The number of ether oxygens (including phenoxy) is 2. The number of nitrogens with two attached hydrogens (primary N) is 1. The first-order valence-electron chi connectivity index (χ1n) is 12.9. The first-order chi connectivity index (χ1) is 20.0. The highest BCUT2D eigenvalue weighted by molar-refractivity contribution is 7.91. The van der Waals surface area contributed by atoms with Crippen molar-refractivity contribution in [2.75, 3.05) is 13.7 Å². The molecule has 0 fully saturated rings. The first kappa shape index (κ1) is 30.6. The van der Waals surface area contributed by atoms with Gasteiger partial charge in [-0.1, -0.05) is 54.6 Å². The molecule has 42 heavy (non-hydrogen) atoms. The molecule has 1 amide bonds. The van der Waals surface area contributed by atoms with E-state index in [0.717, 1.165) is 12.1 Å². The minimum absolute atomic E-state index is 0.0150. The van der Waals surface area contributed by atoms with Crippen LogP contribution in [0, 0.1) is 5.82 Å². The van der Waals surface area contributed by atoms with Crippen LogP contribution in [-0.2, 0) is 25.9 Å². The van der Waals surface area contributed by atoms with E-state index in [1.807, 2.05) is 0 Å². The van der Waals surface area contributed by atoms with Gasteiger partial charge in [0.1, 0.15) is 18.2 Å². The van der Waals surface area contributed by atoms with E-state index in [9.17, 15) is 23.1 Å². The lowest BCUT2D eigenvalue weighted by molar-refractivity contribution is 0.0554. The second-order valence-electron chi connectivity index (χ2n) is 9.65. The topological polar surface area (TPSA) is 151 Å². The zero-order chi connectivity index (χ0) is 30.6. The molecule has 12 heteroatoms. The highest BCUT2D eigenvalue weighted by Crippen LogP contribution is 2.34. The van der Waals surface area contributed by atoms with E-state index in [0.29, 0.717) is 11.6 Å². The summed E-state index contributed by atoms with van der Waals surface area (Å²) in [7, 11) is -3.37. The van der Waals surface area contributed by atoms with Gasteiger partial charge in [-0.25, -0.2) is 12.8 Å². The molecule has 0 aliphatic carbocycles. The fourth-order valence-corrected chi connectivity index (χ4v) is 5.90. The van der Waals surface area contributed by atoms with Gasteiger partial charge in [-0.15, -0.1) is 0 Å². The van der Waals surface area contributed by atoms with Gasteiger partial charge in [0.25, 0.3) is 5.56 Å². The number of hydrogen-bond acceptors (Lipinski definition) is 8. The normalized spacial score (nSPS) is 12.4. The second-order valence-corrected chi connectivity index (χ2v) is 11.5. The van der Waals surface area contributed by atoms with Gasteiger partial charge in [0.05, 0.1) is 23.6 Å². The summed E-state index contributed by atoms with van der Waals surface area (Å²) in [6.45, 7) is 3.31. The number of carbonyl (C=O) groups excluding carboxylic acids is 1. The van der Waals surface area contributed by atoms with E-state index in [1.165, 1.54) is 23.8 Å². The number of aromatic nitrogens is 2. The van der Waals surface area contributed by atoms with Crippen LogP contribution in [0.5, 0.6) is 5.88 Å². The fraction of sp³-hybridized carbons (Fsp3) is 0.233. The largest absolute Gasteiger partial charge is 0.493 e. The summed E-state index contributed by atoms with van der Waals surface area (Å²) in [6, 6.07) is 17.0. The molecule has 220 valence electrons. The summed E-state index contributed by atoms with van der Waals surface area (Å²) in [5, 5.41) is 11.5. The van der Waals surface area contributed by atoms with Crippen LogP contribution in [0.2, 0.25) is 0 Å². The molecule has 0 aliphatic rings. The van der Waals surface area contributed by atoms with Crippen molar-refractivity contribution in [1.29, 1.82) is 0 Å². The summed E-state index contributed by atoms with van der Waals surface area (Å²) in [6.07, 6.45) is -0.264. The minimum atomic E-state index is -4.81. The third kappa shape index (κ3) is 6.10. The number of halogens is 1. The van der Waals surface area contributed by atoms with Gasteiger partial charge in [-0.2, -0.15) is 4.98 Å². The lowest BCUT2D eigenvalue weighted by atomic mass is 9.99. The molecule has 0 saturated heterocycles. The molecule has 10 nitrogen and oxygen atoms in total. The van der Waals surface area contributed by atoms with E-state index < -0.39 is 48.8 Å². The highest BCUT2D eigenvalue weighted by Gasteiger charge is 2.33. The van der Waals surface area contributed by atoms with Crippen LogP contribution < -0.4 is 11.3 Å². The maximum atomic E-state index is 15.4. The number of amides is 1. The van der Waals surface area contributed by atoms with Gasteiger partial charge in [-0.05, 0) is 43.2 Å². The van der Waals surface area contributed by atoms with Crippen molar-refractivity contribution in [2.24, 2.45) is 5.73 Å². The lowest BCUT2D eigenvalue weighted by Crippen LogP contribution is -2.29. The van der Waals surface area contributed by atoms with E-state index >= 15 is 4.39 Å². The number of benzene rings is 3. The molecule has 3 aromatic carbocycles. The Balaban J connectivity index is 1.91. The van der Waals surface area contributed by atoms with Crippen LogP contribution in [0.25, 0.3) is 11.1 Å². The Morgan fingerprint density at radius 1 is 1.05 bits per heavy atom. The summed E-state index contributed by atoms with van der Waals surface area (Å²) >= 11 is 0. The average Bonchev–Trinajstić information content (AvgIpc) is 2.95. The third-order valence-corrected chi connectivity index (χ3v) is 8.27. The van der Waals surface area contributed by atoms with Crippen molar-refractivity contribution in [1.82, 2.24) is 9.55 Å². The molecule has 0 spiro atoms. The maximum absolute atomic E-state index is 15.4. The Hall–Kier alpha value is -4.39. The minimum Gasteiger partial charge on any atom is -0.493 e. The predicted octanol–water partition coefficient (Wildman–Crippen LogP) is 3.85. The molecule has 0 unspecified atom stereocenters. The molecule has 4 rings (SSSR count). The van der Waals surface area contributed by atoms with Crippen LogP contribution in [0.4, 0.5) is 4.39 Å². The van der Waals surface area contributed by atoms with Gasteiger partial charge in [0.2, 0.25) is 21.6 Å². The Morgan fingerprint density at radius 3 is 2.33 bits per heavy atom. The first-order valence-corrected chi connectivity index (χ1v) is 14.4. The van der Waals surface area contributed by atoms with E-state index in [1.54, 1.807) is 56.3 Å². The molecule has 1 atom stereocenters. The number of hydrogen-bond donors (Lipinski definition) is 2. The summed E-state index contributed by atoms with van der Waals surface area (Å²) < 4.78 is 55.1. The zero-order valence-corrected chi connectivity index (χ0v) is 24.0. The van der Waals surface area contributed by atoms with Crippen LogP contribution in [0.15, 0.2) is 87.4 Å². The van der Waals surface area contributed by atoms with Crippen molar-refractivity contribution in [3.8, 4) is 17.0 Å². The molecule has 4 aromatic rings. The number of methoxy groups -OCH3 is 1.